The SMILES string of the molecule is CC(Oc1ccc(C(=O)c2ccccc2)cc1)C(=O)N[C@@H](Cc1cc(F)cc(F)c1)[C@@H](O)CNCc1cccc(I)c1. The van der Waals surface area contributed by atoms with Gasteiger partial charge >= 0.3 is 0 Å². The molecule has 0 aliphatic heterocycles. The molecule has 4 rings (SSSR count). The van der Waals surface area contributed by atoms with Gasteiger partial charge in [0.25, 0.3) is 5.91 Å². The highest BCUT2D eigenvalue weighted by Gasteiger charge is 2.25. The fourth-order valence-corrected chi connectivity index (χ4v) is 5.03. The van der Waals surface area contributed by atoms with Crippen LogP contribution in [0.4, 0.5) is 8.78 Å². The van der Waals surface area contributed by atoms with Crippen molar-refractivity contribution in [1.29, 1.82) is 0 Å². The molecule has 0 saturated carbocycles. The Kier molecular flexibility index (Phi) is 11.2. The molecule has 9 heteroatoms. The Morgan fingerprint density at radius 2 is 1.52 bits per heavy atom. The number of carbonyl (C=O) groups is 2. The molecule has 0 bridgehead atoms. The molecule has 0 aromatic heterocycles. The van der Waals surface area contributed by atoms with Crippen molar-refractivity contribution in [3.8, 4) is 5.75 Å². The second kappa shape index (κ2) is 15.0. The van der Waals surface area contributed by atoms with Gasteiger partial charge in [-0.2, -0.15) is 0 Å². The lowest BCUT2D eigenvalue weighted by molar-refractivity contribution is -0.128. The summed E-state index contributed by atoms with van der Waals surface area (Å²) in [5, 5.41) is 17.0. The Morgan fingerprint density at radius 3 is 2.19 bits per heavy atom. The maximum atomic E-state index is 13.9. The second-order valence-electron chi connectivity index (χ2n) is 9.90. The predicted octanol–water partition coefficient (Wildman–Crippen LogP) is 5.45. The molecular formula is C33H31F2IN2O4. The van der Waals surface area contributed by atoms with Crippen LogP contribution in [0.5, 0.6) is 5.75 Å². The summed E-state index contributed by atoms with van der Waals surface area (Å²) >= 11 is 2.22. The topological polar surface area (TPSA) is 87.7 Å². The molecule has 218 valence electrons. The average Bonchev–Trinajstić information content (AvgIpc) is 2.96. The summed E-state index contributed by atoms with van der Waals surface area (Å²) in [4.78, 5) is 25.8. The van der Waals surface area contributed by atoms with Crippen LogP contribution in [-0.2, 0) is 17.8 Å². The van der Waals surface area contributed by atoms with Gasteiger partial charge in [0.05, 0.1) is 12.1 Å². The van der Waals surface area contributed by atoms with Crippen LogP contribution in [0, 0.1) is 15.2 Å². The smallest absolute Gasteiger partial charge is 0.261 e. The van der Waals surface area contributed by atoms with Crippen molar-refractivity contribution < 1.29 is 28.2 Å². The van der Waals surface area contributed by atoms with Gasteiger partial charge in [0, 0.05) is 33.9 Å². The fourth-order valence-electron chi connectivity index (χ4n) is 4.42. The molecule has 0 fully saturated rings. The number of amides is 1. The zero-order valence-electron chi connectivity index (χ0n) is 22.9. The monoisotopic (exact) mass is 684 g/mol. The van der Waals surface area contributed by atoms with E-state index in [2.05, 4.69) is 33.2 Å². The fraction of sp³-hybridized carbons (Fsp3) is 0.212. The lowest BCUT2D eigenvalue weighted by Gasteiger charge is -2.26. The van der Waals surface area contributed by atoms with Crippen LogP contribution < -0.4 is 15.4 Å². The number of ketones is 1. The third-order valence-corrected chi connectivity index (χ3v) is 7.25. The van der Waals surface area contributed by atoms with Gasteiger partial charge in [-0.3, -0.25) is 9.59 Å². The first-order chi connectivity index (χ1) is 20.2. The van der Waals surface area contributed by atoms with Crippen molar-refractivity contribution in [2.45, 2.75) is 38.1 Å². The van der Waals surface area contributed by atoms with Crippen LogP contribution in [0.25, 0.3) is 0 Å². The number of ether oxygens (including phenoxy) is 1. The van der Waals surface area contributed by atoms with Gasteiger partial charge in [-0.1, -0.05) is 42.5 Å². The van der Waals surface area contributed by atoms with Crippen molar-refractivity contribution in [2.75, 3.05) is 6.54 Å². The van der Waals surface area contributed by atoms with Gasteiger partial charge < -0.3 is 20.5 Å². The van der Waals surface area contributed by atoms with E-state index >= 15 is 0 Å². The van der Waals surface area contributed by atoms with E-state index in [1.807, 2.05) is 30.3 Å². The first-order valence-corrected chi connectivity index (χ1v) is 14.5. The normalized spacial score (nSPS) is 13.2. The highest BCUT2D eigenvalue weighted by molar-refractivity contribution is 14.1. The standard InChI is InChI=1S/C33H31F2IN2O4/c1-21(42-29-12-10-25(11-13-29)32(40)24-7-3-2-4-8-24)33(41)38-30(17-23-14-26(34)18-27(35)15-23)31(39)20-37-19-22-6-5-9-28(36)16-22/h2-16,18,21,30-31,37,39H,17,19-20H2,1H3,(H,38,41)/t21?,30-,31-/m0/s1. The van der Waals surface area contributed by atoms with Gasteiger partial charge in [-0.05, 0) is 95.6 Å². The summed E-state index contributed by atoms with van der Waals surface area (Å²) < 4.78 is 34.6. The lowest BCUT2D eigenvalue weighted by Crippen LogP contribution is -2.51. The molecule has 1 unspecified atom stereocenters. The van der Waals surface area contributed by atoms with E-state index in [9.17, 15) is 23.5 Å². The highest BCUT2D eigenvalue weighted by atomic mass is 127. The minimum atomic E-state index is -1.07. The first-order valence-electron chi connectivity index (χ1n) is 13.4. The maximum absolute atomic E-state index is 13.9. The van der Waals surface area contributed by atoms with E-state index in [1.165, 1.54) is 12.1 Å². The molecule has 1 amide bonds. The molecule has 0 aliphatic rings. The number of carbonyl (C=O) groups excluding carboxylic acids is 2. The number of aliphatic hydroxyl groups excluding tert-OH is 1. The Hall–Kier alpha value is -3.67. The zero-order valence-corrected chi connectivity index (χ0v) is 25.1. The Morgan fingerprint density at radius 1 is 0.857 bits per heavy atom. The molecule has 3 N–H and O–H groups in total. The highest BCUT2D eigenvalue weighted by Crippen LogP contribution is 2.18. The van der Waals surface area contributed by atoms with E-state index in [1.54, 1.807) is 55.5 Å². The molecule has 3 atom stereocenters. The van der Waals surface area contributed by atoms with Crippen molar-refractivity contribution in [3.05, 3.63) is 135 Å². The molecule has 4 aromatic rings. The van der Waals surface area contributed by atoms with Crippen LogP contribution in [0.3, 0.4) is 0 Å². The molecule has 6 nitrogen and oxygen atoms in total. The van der Waals surface area contributed by atoms with Crippen LogP contribution >= 0.6 is 22.6 Å². The minimum absolute atomic E-state index is 0.00445. The van der Waals surface area contributed by atoms with Crippen LogP contribution in [0.15, 0.2) is 97.1 Å². The van der Waals surface area contributed by atoms with Crippen LogP contribution in [0.1, 0.15) is 34.0 Å². The summed E-state index contributed by atoms with van der Waals surface area (Å²) in [6.45, 7) is 2.17. The summed E-state index contributed by atoms with van der Waals surface area (Å²) in [6.07, 6.45) is -2.03. The van der Waals surface area contributed by atoms with Crippen molar-refractivity contribution >= 4 is 34.3 Å². The number of hydrogen-bond acceptors (Lipinski definition) is 5. The number of halogens is 3. The summed E-state index contributed by atoms with van der Waals surface area (Å²) in [5.74, 6) is -1.75. The van der Waals surface area contributed by atoms with Crippen LogP contribution in [-0.4, -0.2) is 41.6 Å². The quantitative estimate of drug-likeness (QED) is 0.129. The van der Waals surface area contributed by atoms with Crippen molar-refractivity contribution in [3.63, 3.8) is 0 Å². The zero-order chi connectivity index (χ0) is 30.1. The number of hydrogen-bond donors (Lipinski definition) is 3. The third-order valence-electron chi connectivity index (χ3n) is 6.58. The van der Waals surface area contributed by atoms with Gasteiger partial charge in [-0.15, -0.1) is 0 Å². The summed E-state index contributed by atoms with van der Waals surface area (Å²) in [7, 11) is 0. The molecule has 0 spiro atoms. The lowest BCUT2D eigenvalue weighted by atomic mass is 10.00. The van der Waals surface area contributed by atoms with E-state index in [0.717, 1.165) is 15.2 Å². The molecule has 0 radical (unpaired) electrons. The number of nitrogens with one attached hydrogen (secondary N) is 2. The molecule has 4 aromatic carbocycles. The van der Waals surface area contributed by atoms with Gasteiger partial charge in [0.1, 0.15) is 17.4 Å². The van der Waals surface area contributed by atoms with Crippen LogP contribution in [0.2, 0.25) is 0 Å². The van der Waals surface area contributed by atoms with Crippen molar-refractivity contribution in [1.82, 2.24) is 10.6 Å². The van der Waals surface area contributed by atoms with E-state index in [4.69, 9.17) is 4.74 Å². The largest absolute Gasteiger partial charge is 0.481 e. The summed E-state index contributed by atoms with van der Waals surface area (Å²) in [6, 6.07) is 25.5. The minimum Gasteiger partial charge on any atom is -0.481 e. The molecule has 42 heavy (non-hydrogen) atoms. The molecule has 0 saturated heterocycles. The Bertz CT molecular complexity index is 1480. The van der Waals surface area contributed by atoms with E-state index < -0.39 is 35.8 Å². The van der Waals surface area contributed by atoms with Crippen molar-refractivity contribution in [2.24, 2.45) is 0 Å². The average molecular weight is 685 g/mol. The molecule has 0 heterocycles. The van der Waals surface area contributed by atoms with Gasteiger partial charge in [0.15, 0.2) is 11.9 Å². The second-order valence-corrected chi connectivity index (χ2v) is 11.2. The molecular weight excluding hydrogens is 653 g/mol. The third kappa shape index (κ3) is 9.17. The Labute approximate surface area is 257 Å². The number of benzene rings is 4. The maximum Gasteiger partial charge on any atom is 0.261 e. The first kappa shape index (κ1) is 31.3. The van der Waals surface area contributed by atoms with E-state index in [-0.39, 0.29) is 18.7 Å². The number of rotatable bonds is 13. The predicted molar refractivity (Wildman–Crippen MR) is 165 cm³/mol. The molecule has 0 aliphatic carbocycles. The number of aliphatic hydroxyl groups is 1. The Balaban J connectivity index is 1.40. The van der Waals surface area contributed by atoms with E-state index in [0.29, 0.717) is 29.0 Å². The van der Waals surface area contributed by atoms with Gasteiger partial charge in [-0.25, -0.2) is 8.78 Å². The summed E-state index contributed by atoms with van der Waals surface area (Å²) in [5.41, 5.74) is 2.37. The van der Waals surface area contributed by atoms with Gasteiger partial charge in [0.2, 0.25) is 0 Å².